The van der Waals surface area contributed by atoms with Gasteiger partial charge in [-0.05, 0) is 45.8 Å². The Morgan fingerprint density at radius 1 is 1.04 bits per heavy atom. The number of rotatable bonds is 4. The Hall–Kier alpha value is -1.80. The second kappa shape index (κ2) is 6.73. The molecule has 1 N–H and O–H groups in total. The van der Waals surface area contributed by atoms with Crippen LogP contribution >= 0.6 is 0 Å². The largest absolute Gasteiger partial charge is 0.508 e. The molecule has 1 aliphatic rings. The van der Waals surface area contributed by atoms with Crippen LogP contribution in [-0.2, 0) is 11.8 Å². The molecule has 26 heavy (non-hydrogen) atoms. The molecule has 138 valence electrons. The number of hydrogen-bond acceptors (Lipinski definition) is 1. The van der Waals surface area contributed by atoms with E-state index in [2.05, 4.69) is 84.0 Å². The summed E-state index contributed by atoms with van der Waals surface area (Å²) in [5, 5.41) is 14.1. The maximum Gasteiger partial charge on any atom is 0.123 e. The van der Waals surface area contributed by atoms with Crippen LogP contribution < -0.4 is 10.4 Å². The van der Waals surface area contributed by atoms with E-state index in [-0.39, 0.29) is 5.41 Å². The van der Waals surface area contributed by atoms with Crippen molar-refractivity contribution in [2.45, 2.75) is 65.5 Å². The number of phenolic OH excluding ortho intramolecular Hbond substituents is 1. The van der Waals surface area contributed by atoms with Gasteiger partial charge in [0, 0.05) is 0 Å². The summed E-state index contributed by atoms with van der Waals surface area (Å²) in [5.41, 5.74) is 5.12. The van der Waals surface area contributed by atoms with Gasteiger partial charge in [0.15, 0.2) is 0 Å². The minimum Gasteiger partial charge on any atom is -0.508 e. The topological polar surface area (TPSA) is 20.2 Å². The van der Waals surface area contributed by atoms with Gasteiger partial charge in [-0.2, -0.15) is 0 Å². The molecule has 0 bridgehead atoms. The lowest BCUT2D eigenvalue weighted by Crippen LogP contribution is -2.58. The van der Waals surface area contributed by atoms with Crippen molar-refractivity contribution >= 4 is 24.5 Å². The van der Waals surface area contributed by atoms with Crippen LogP contribution in [0.25, 0.3) is 6.08 Å². The minimum absolute atomic E-state index is 0.0645. The molecular formula is C24H32OSi. The van der Waals surface area contributed by atoms with Crippen LogP contribution in [0.4, 0.5) is 0 Å². The van der Waals surface area contributed by atoms with Crippen molar-refractivity contribution < 1.29 is 5.11 Å². The van der Waals surface area contributed by atoms with Crippen LogP contribution in [0.15, 0.2) is 36.4 Å². The van der Waals surface area contributed by atoms with Crippen molar-refractivity contribution in [3.05, 3.63) is 58.7 Å². The van der Waals surface area contributed by atoms with E-state index in [9.17, 15) is 5.11 Å². The van der Waals surface area contributed by atoms with Crippen molar-refractivity contribution in [3.63, 3.8) is 0 Å². The fourth-order valence-corrected chi connectivity index (χ4v) is 9.16. The van der Waals surface area contributed by atoms with Gasteiger partial charge in [0.05, 0.1) is 0 Å². The molecule has 1 nitrogen and oxygen atoms in total. The van der Waals surface area contributed by atoms with Gasteiger partial charge < -0.3 is 5.11 Å². The van der Waals surface area contributed by atoms with Crippen LogP contribution in [-0.4, -0.2) is 13.2 Å². The van der Waals surface area contributed by atoms with E-state index in [1.807, 2.05) is 0 Å². The first-order valence-corrected chi connectivity index (χ1v) is 12.3. The van der Waals surface area contributed by atoms with Gasteiger partial charge in [-0.3, -0.25) is 0 Å². The van der Waals surface area contributed by atoms with Gasteiger partial charge in [-0.25, -0.2) is 0 Å². The fourth-order valence-electron chi connectivity index (χ4n) is 4.58. The third-order valence-electron chi connectivity index (χ3n) is 6.12. The first-order valence-electron chi connectivity index (χ1n) is 9.88. The predicted molar refractivity (Wildman–Crippen MR) is 117 cm³/mol. The summed E-state index contributed by atoms with van der Waals surface area (Å²) in [6, 6.07) is 13.4. The SMILES string of the molecule is CC[Si](CC)(c1cc(C)cc(C(C)(C)C)c1O)c1cccc2c1C=CC2. The lowest BCUT2D eigenvalue weighted by Gasteiger charge is -2.35. The number of aromatic hydroxyl groups is 1. The van der Waals surface area contributed by atoms with Crippen LogP contribution in [0.5, 0.6) is 5.75 Å². The molecule has 0 atom stereocenters. The average Bonchev–Trinajstić information content (AvgIpc) is 3.07. The number of aryl methyl sites for hydroxylation is 1. The molecule has 2 heteroatoms. The van der Waals surface area contributed by atoms with E-state index in [1.165, 1.54) is 27.1 Å². The molecule has 0 aliphatic heterocycles. The molecule has 0 fully saturated rings. The van der Waals surface area contributed by atoms with Crippen molar-refractivity contribution in [1.82, 2.24) is 0 Å². The number of allylic oxidation sites excluding steroid dienone is 1. The predicted octanol–water partition coefficient (Wildman–Crippen LogP) is 5.17. The van der Waals surface area contributed by atoms with E-state index >= 15 is 0 Å². The lowest BCUT2D eigenvalue weighted by atomic mass is 9.85. The number of benzene rings is 2. The van der Waals surface area contributed by atoms with Crippen LogP contribution in [0, 0.1) is 6.92 Å². The highest BCUT2D eigenvalue weighted by molar-refractivity contribution is 7.03. The van der Waals surface area contributed by atoms with E-state index in [4.69, 9.17) is 0 Å². The molecule has 0 radical (unpaired) electrons. The van der Waals surface area contributed by atoms with Crippen molar-refractivity contribution in [2.24, 2.45) is 0 Å². The van der Waals surface area contributed by atoms with E-state index in [0.717, 1.165) is 24.1 Å². The zero-order valence-electron chi connectivity index (χ0n) is 17.1. The quantitative estimate of drug-likeness (QED) is 0.742. The third kappa shape index (κ3) is 2.94. The molecule has 2 aromatic carbocycles. The molecule has 0 amide bonds. The average molecular weight is 365 g/mol. The number of hydrogen-bond donors (Lipinski definition) is 1. The molecule has 3 rings (SSSR count). The Kier molecular flexibility index (Phi) is 4.91. The highest BCUT2D eigenvalue weighted by Gasteiger charge is 2.39. The van der Waals surface area contributed by atoms with Crippen molar-refractivity contribution in [2.75, 3.05) is 0 Å². The summed E-state index contributed by atoms with van der Waals surface area (Å²) in [4.78, 5) is 0. The molecule has 2 aromatic rings. The summed E-state index contributed by atoms with van der Waals surface area (Å²) in [5.74, 6) is 0.540. The fraction of sp³-hybridized carbons (Fsp3) is 0.417. The third-order valence-corrected chi connectivity index (χ3v) is 11.4. The molecular weight excluding hydrogens is 332 g/mol. The van der Waals surface area contributed by atoms with Crippen molar-refractivity contribution in [3.8, 4) is 5.75 Å². The second-order valence-corrected chi connectivity index (χ2v) is 13.4. The van der Waals surface area contributed by atoms with Crippen LogP contribution in [0.1, 0.15) is 56.9 Å². The minimum atomic E-state index is -2.04. The highest BCUT2D eigenvalue weighted by Crippen LogP contribution is 2.34. The molecule has 0 saturated heterocycles. The smallest absolute Gasteiger partial charge is 0.123 e. The maximum atomic E-state index is 11.4. The van der Waals surface area contributed by atoms with Crippen LogP contribution in [0.3, 0.4) is 0 Å². The van der Waals surface area contributed by atoms with E-state index < -0.39 is 8.07 Å². The highest BCUT2D eigenvalue weighted by atomic mass is 28.3. The monoisotopic (exact) mass is 364 g/mol. The Morgan fingerprint density at radius 2 is 1.73 bits per heavy atom. The molecule has 0 unspecified atom stereocenters. The van der Waals surface area contributed by atoms with Gasteiger partial charge in [0.1, 0.15) is 13.8 Å². The number of phenols is 1. The summed E-state index contributed by atoms with van der Waals surface area (Å²) >= 11 is 0. The lowest BCUT2D eigenvalue weighted by molar-refractivity contribution is 0.450. The molecule has 0 heterocycles. The summed E-state index contributed by atoms with van der Waals surface area (Å²) in [6.45, 7) is 13.4. The summed E-state index contributed by atoms with van der Waals surface area (Å²) in [7, 11) is -2.04. The van der Waals surface area contributed by atoms with E-state index in [1.54, 1.807) is 0 Å². The van der Waals surface area contributed by atoms with E-state index in [0.29, 0.717) is 5.75 Å². The molecule has 1 aliphatic carbocycles. The molecule has 0 saturated carbocycles. The number of fused-ring (bicyclic) bond motifs is 1. The first kappa shape index (κ1) is 19.0. The van der Waals surface area contributed by atoms with Crippen LogP contribution in [0.2, 0.25) is 12.1 Å². The van der Waals surface area contributed by atoms with Gasteiger partial charge in [-0.15, -0.1) is 0 Å². The Bertz CT molecular complexity index is 851. The normalized spacial score (nSPS) is 13.9. The summed E-state index contributed by atoms with van der Waals surface area (Å²) < 4.78 is 0. The Morgan fingerprint density at radius 3 is 2.35 bits per heavy atom. The van der Waals surface area contributed by atoms with Gasteiger partial charge in [-0.1, -0.05) is 94.8 Å². The van der Waals surface area contributed by atoms with Crippen molar-refractivity contribution in [1.29, 1.82) is 0 Å². The van der Waals surface area contributed by atoms with Gasteiger partial charge in [0.2, 0.25) is 0 Å². The summed E-state index contributed by atoms with van der Waals surface area (Å²) in [6.07, 6.45) is 5.61. The second-order valence-electron chi connectivity index (χ2n) is 8.73. The first-order chi connectivity index (χ1) is 12.2. The Labute approximate surface area is 159 Å². The van der Waals surface area contributed by atoms with Gasteiger partial charge in [0.25, 0.3) is 0 Å². The molecule has 0 spiro atoms. The standard InChI is InChI=1S/C24H32OSi/c1-7-26(8-2,21-14-10-12-18-11-9-13-19(18)21)22-16-17(3)15-20(23(22)25)24(4,5)6/h9-10,12-16,25H,7-8,11H2,1-6H3. The maximum absolute atomic E-state index is 11.4. The Balaban J connectivity index is 2.33. The molecule has 0 aromatic heterocycles. The van der Waals surface area contributed by atoms with Gasteiger partial charge >= 0.3 is 0 Å². The zero-order chi connectivity index (χ0) is 19.1. The zero-order valence-corrected chi connectivity index (χ0v) is 18.1.